The molecule has 0 saturated carbocycles. The van der Waals surface area contributed by atoms with Crippen molar-refractivity contribution in [2.24, 2.45) is 0 Å². The first-order chi connectivity index (χ1) is 17.0. The third-order valence-electron chi connectivity index (χ3n) is 5.95. The first kappa shape index (κ1) is 20.9. The van der Waals surface area contributed by atoms with Gasteiger partial charge in [-0.15, -0.1) is 0 Å². The summed E-state index contributed by atoms with van der Waals surface area (Å²) in [6.45, 7) is 0. The summed E-state index contributed by atoms with van der Waals surface area (Å²) in [6, 6.07) is 13.2. The van der Waals surface area contributed by atoms with Crippen LogP contribution in [0.3, 0.4) is 0 Å². The molecule has 0 bridgehead atoms. The quantitative estimate of drug-likeness (QED) is 0.354. The fourth-order valence-electron chi connectivity index (χ4n) is 4.18. The average Bonchev–Trinajstić information content (AvgIpc) is 3.47. The largest absolute Gasteiger partial charge is 0.376 e. The lowest BCUT2D eigenvalue weighted by molar-refractivity contribution is 0.628. The van der Waals surface area contributed by atoms with Gasteiger partial charge in [0.1, 0.15) is 17.3 Å². The highest BCUT2D eigenvalue weighted by molar-refractivity contribution is 5.97. The molecule has 0 spiro atoms. The van der Waals surface area contributed by atoms with Gasteiger partial charge in [0.2, 0.25) is 0 Å². The maximum atomic E-state index is 15.0. The number of H-pyrrole nitrogens is 2. The van der Waals surface area contributed by atoms with Crippen LogP contribution >= 0.6 is 0 Å². The van der Waals surface area contributed by atoms with Crippen LogP contribution in [0.25, 0.3) is 55.8 Å². The molecule has 6 aromatic rings. The number of nitrogens with one attached hydrogen (secondary N) is 2. The molecule has 35 heavy (non-hydrogen) atoms. The topological polar surface area (TPSA) is 86.4 Å². The Bertz CT molecular complexity index is 1720. The molecule has 4 heterocycles. The molecule has 0 radical (unpaired) electrons. The van der Waals surface area contributed by atoms with Gasteiger partial charge in [0.25, 0.3) is 0 Å². The van der Waals surface area contributed by atoms with Crippen LogP contribution in [0.1, 0.15) is 0 Å². The first-order valence-electron chi connectivity index (χ1n) is 10.9. The number of anilines is 1. The predicted octanol–water partition coefficient (Wildman–Crippen LogP) is 5.57. The van der Waals surface area contributed by atoms with Crippen LogP contribution in [0.4, 0.5) is 14.5 Å². The molecule has 0 aliphatic heterocycles. The molecule has 0 unspecified atom stereocenters. The lowest BCUT2D eigenvalue weighted by Gasteiger charge is -2.13. The number of benzene rings is 2. The van der Waals surface area contributed by atoms with E-state index in [-0.39, 0.29) is 11.6 Å². The Kier molecular flexibility index (Phi) is 4.77. The summed E-state index contributed by atoms with van der Waals surface area (Å²) in [5.74, 6) is -0.238. The number of pyridine rings is 2. The van der Waals surface area contributed by atoms with Gasteiger partial charge in [-0.25, -0.2) is 18.7 Å². The van der Waals surface area contributed by atoms with Crippen molar-refractivity contribution in [3.63, 3.8) is 0 Å². The number of aromatic nitrogens is 6. The number of imidazole rings is 1. The maximum absolute atomic E-state index is 15.0. The van der Waals surface area contributed by atoms with Gasteiger partial charge < -0.3 is 9.88 Å². The van der Waals surface area contributed by atoms with Crippen molar-refractivity contribution in [2.75, 3.05) is 19.0 Å². The fourth-order valence-corrected chi connectivity index (χ4v) is 4.18. The molecule has 172 valence electrons. The maximum Gasteiger partial charge on any atom is 0.178 e. The number of hydrogen-bond donors (Lipinski definition) is 2. The van der Waals surface area contributed by atoms with Gasteiger partial charge in [-0.05, 0) is 35.9 Å². The number of rotatable bonds is 4. The third-order valence-corrected chi connectivity index (χ3v) is 5.95. The highest BCUT2D eigenvalue weighted by atomic mass is 19.1. The van der Waals surface area contributed by atoms with Crippen LogP contribution in [0.2, 0.25) is 0 Å². The SMILES string of the molecule is CN(C)c1cncc(-c2cc3c(-c4nc5nccc(-c6cccc(F)c6)c5[nH]4)n[nH]c3cc2F)c1. The minimum absolute atomic E-state index is 0.326. The lowest BCUT2D eigenvalue weighted by Crippen LogP contribution is -2.08. The second-order valence-corrected chi connectivity index (χ2v) is 8.43. The molecule has 0 amide bonds. The first-order valence-corrected chi connectivity index (χ1v) is 10.9. The molecule has 0 saturated heterocycles. The van der Waals surface area contributed by atoms with Crippen LogP contribution < -0.4 is 4.90 Å². The highest BCUT2D eigenvalue weighted by Gasteiger charge is 2.18. The van der Waals surface area contributed by atoms with Crippen molar-refractivity contribution >= 4 is 27.8 Å². The van der Waals surface area contributed by atoms with E-state index in [1.807, 2.05) is 31.1 Å². The summed E-state index contributed by atoms with van der Waals surface area (Å²) < 4.78 is 28.9. The van der Waals surface area contributed by atoms with Gasteiger partial charge in [0, 0.05) is 54.6 Å². The van der Waals surface area contributed by atoms with Crippen LogP contribution in [-0.2, 0) is 0 Å². The number of aromatic amines is 2. The zero-order valence-electron chi connectivity index (χ0n) is 18.8. The van der Waals surface area contributed by atoms with Crippen molar-refractivity contribution in [3.05, 3.63) is 78.8 Å². The number of halogens is 2. The van der Waals surface area contributed by atoms with Gasteiger partial charge in [-0.1, -0.05) is 12.1 Å². The van der Waals surface area contributed by atoms with Crippen LogP contribution in [0, 0.1) is 11.6 Å². The second kappa shape index (κ2) is 7.98. The summed E-state index contributed by atoms with van der Waals surface area (Å²) in [7, 11) is 3.81. The molecule has 0 fully saturated rings. The molecule has 0 aliphatic carbocycles. The molecular formula is C26H19F2N7. The molecule has 7 nitrogen and oxygen atoms in total. The Hall–Kier alpha value is -4.66. The monoisotopic (exact) mass is 467 g/mol. The second-order valence-electron chi connectivity index (χ2n) is 8.43. The van der Waals surface area contributed by atoms with E-state index in [2.05, 4.69) is 30.1 Å². The lowest BCUT2D eigenvalue weighted by atomic mass is 10.0. The van der Waals surface area contributed by atoms with E-state index >= 15 is 4.39 Å². The van der Waals surface area contributed by atoms with Crippen molar-refractivity contribution in [2.45, 2.75) is 0 Å². The van der Waals surface area contributed by atoms with E-state index in [0.717, 1.165) is 11.3 Å². The molecule has 4 aromatic heterocycles. The van der Waals surface area contributed by atoms with E-state index in [4.69, 9.17) is 0 Å². The zero-order chi connectivity index (χ0) is 24.1. The summed E-state index contributed by atoms with van der Waals surface area (Å²) in [5, 5.41) is 7.99. The Morgan fingerprint density at radius 1 is 0.914 bits per heavy atom. The zero-order valence-corrected chi connectivity index (χ0v) is 18.8. The third kappa shape index (κ3) is 3.57. The van der Waals surface area contributed by atoms with Crippen molar-refractivity contribution < 1.29 is 8.78 Å². The fraction of sp³-hybridized carbons (Fsp3) is 0.0769. The van der Waals surface area contributed by atoms with Crippen molar-refractivity contribution in [1.82, 2.24) is 30.1 Å². The molecule has 0 aliphatic rings. The van der Waals surface area contributed by atoms with Crippen LogP contribution in [-0.4, -0.2) is 44.2 Å². The minimum atomic E-state index is -0.384. The molecule has 9 heteroatoms. The van der Waals surface area contributed by atoms with E-state index in [0.29, 0.717) is 50.3 Å². The van der Waals surface area contributed by atoms with Gasteiger partial charge in [-0.3, -0.25) is 10.1 Å². The summed E-state index contributed by atoms with van der Waals surface area (Å²) in [5.41, 5.74) is 5.61. The predicted molar refractivity (Wildman–Crippen MR) is 132 cm³/mol. The van der Waals surface area contributed by atoms with Crippen molar-refractivity contribution in [3.8, 4) is 33.8 Å². The molecular weight excluding hydrogens is 448 g/mol. The molecule has 2 aromatic carbocycles. The van der Waals surface area contributed by atoms with Crippen molar-refractivity contribution in [1.29, 1.82) is 0 Å². The van der Waals surface area contributed by atoms with Crippen LogP contribution in [0.5, 0.6) is 0 Å². The Morgan fingerprint density at radius 3 is 2.63 bits per heavy atom. The Labute approximate surface area is 198 Å². The van der Waals surface area contributed by atoms with Gasteiger partial charge in [0.05, 0.1) is 22.9 Å². The van der Waals surface area contributed by atoms with E-state index < -0.39 is 0 Å². The van der Waals surface area contributed by atoms with E-state index in [1.54, 1.807) is 36.8 Å². The summed E-state index contributed by atoms with van der Waals surface area (Å²) in [4.78, 5) is 18.4. The van der Waals surface area contributed by atoms with E-state index in [1.165, 1.54) is 18.2 Å². The number of nitrogens with zero attached hydrogens (tertiary/aromatic N) is 5. The molecule has 2 N–H and O–H groups in total. The van der Waals surface area contributed by atoms with E-state index in [9.17, 15) is 4.39 Å². The summed E-state index contributed by atoms with van der Waals surface area (Å²) >= 11 is 0. The Morgan fingerprint density at radius 2 is 1.80 bits per heavy atom. The minimum Gasteiger partial charge on any atom is -0.376 e. The van der Waals surface area contributed by atoms with Gasteiger partial charge in [-0.2, -0.15) is 5.10 Å². The van der Waals surface area contributed by atoms with Gasteiger partial charge in [0.15, 0.2) is 11.5 Å². The normalized spacial score (nSPS) is 11.4. The van der Waals surface area contributed by atoms with Crippen LogP contribution in [0.15, 0.2) is 67.1 Å². The van der Waals surface area contributed by atoms with Gasteiger partial charge >= 0.3 is 0 Å². The summed E-state index contributed by atoms with van der Waals surface area (Å²) in [6.07, 6.45) is 4.99. The molecule has 6 rings (SSSR count). The number of fused-ring (bicyclic) bond motifs is 2. The number of hydrogen-bond acceptors (Lipinski definition) is 5. The smallest absolute Gasteiger partial charge is 0.178 e. The molecule has 0 atom stereocenters. The average molecular weight is 467 g/mol. The Balaban J connectivity index is 1.51. The highest BCUT2D eigenvalue weighted by Crippen LogP contribution is 2.34. The standard InChI is InChI=1S/C26H19F2N7/c1-35(2)17-9-15(12-29-13-17)19-10-20-22(11-21(19)28)33-34-24(20)26-31-23-18(6-7-30-25(23)32-26)14-4-3-5-16(27)8-14/h3-13H,1-2H3,(H,33,34)(H,30,31,32).